The zero-order valence-electron chi connectivity index (χ0n) is 36.0. The van der Waals surface area contributed by atoms with E-state index >= 15 is 0 Å². The summed E-state index contributed by atoms with van der Waals surface area (Å²) in [6, 6.07) is 0. The first-order valence-corrected chi connectivity index (χ1v) is 23.2. The third kappa shape index (κ3) is 42.6. The highest BCUT2D eigenvalue weighted by Gasteiger charge is 2.17. The third-order valence-corrected chi connectivity index (χ3v) is 9.88. The maximum atomic E-state index is 12.6. The summed E-state index contributed by atoms with van der Waals surface area (Å²) in [5.74, 6) is -0.445. The van der Waals surface area contributed by atoms with E-state index in [1.54, 1.807) is 0 Å². The number of esters is 2. The van der Waals surface area contributed by atoms with Crippen molar-refractivity contribution < 1.29 is 23.8 Å². The van der Waals surface area contributed by atoms with Crippen LogP contribution in [0.15, 0.2) is 48.6 Å². The molecule has 1 unspecified atom stereocenters. The van der Waals surface area contributed by atoms with Gasteiger partial charge in [0.1, 0.15) is 6.61 Å². The molecule has 0 heterocycles. The van der Waals surface area contributed by atoms with Gasteiger partial charge in [0.25, 0.3) is 0 Å². The number of carbonyl (C=O) groups excluding carboxylic acids is 2. The van der Waals surface area contributed by atoms with Gasteiger partial charge in [0.2, 0.25) is 0 Å². The first kappa shape index (κ1) is 51.9. The van der Waals surface area contributed by atoms with Gasteiger partial charge in [-0.15, -0.1) is 0 Å². The molecule has 0 amide bonds. The molecule has 0 fully saturated rings. The first-order valence-electron chi connectivity index (χ1n) is 23.2. The number of hydrogen-bond donors (Lipinski definition) is 0. The van der Waals surface area contributed by atoms with Crippen molar-refractivity contribution in [3.8, 4) is 0 Å². The fourth-order valence-corrected chi connectivity index (χ4v) is 6.44. The number of unbranched alkanes of at least 4 members (excludes halogenated alkanes) is 23. The second kappa shape index (κ2) is 45.3. The largest absolute Gasteiger partial charge is 0.462 e. The van der Waals surface area contributed by atoms with Crippen LogP contribution in [0.1, 0.15) is 226 Å². The second-order valence-corrected chi connectivity index (χ2v) is 15.3. The van der Waals surface area contributed by atoms with E-state index in [1.165, 1.54) is 122 Å². The zero-order valence-corrected chi connectivity index (χ0v) is 36.0. The van der Waals surface area contributed by atoms with Crippen LogP contribution >= 0.6 is 0 Å². The molecule has 5 nitrogen and oxygen atoms in total. The first-order chi connectivity index (χ1) is 26.6. The summed E-state index contributed by atoms with van der Waals surface area (Å²) < 4.78 is 17.2. The highest BCUT2D eigenvalue weighted by molar-refractivity contribution is 5.70. The molecular weight excluding hydrogens is 669 g/mol. The van der Waals surface area contributed by atoms with Gasteiger partial charge >= 0.3 is 11.9 Å². The van der Waals surface area contributed by atoms with Gasteiger partial charge in [-0.3, -0.25) is 9.59 Å². The van der Waals surface area contributed by atoms with Crippen molar-refractivity contribution in [2.24, 2.45) is 0 Å². The molecule has 0 bridgehead atoms. The lowest BCUT2D eigenvalue weighted by molar-refractivity contribution is -0.163. The molecule has 0 aromatic carbocycles. The molecule has 0 radical (unpaired) electrons. The van der Waals surface area contributed by atoms with Crippen LogP contribution in [0.2, 0.25) is 0 Å². The maximum absolute atomic E-state index is 12.6. The van der Waals surface area contributed by atoms with Crippen molar-refractivity contribution in [3.05, 3.63) is 48.6 Å². The smallest absolute Gasteiger partial charge is 0.306 e. The Morgan fingerprint density at radius 3 is 1.33 bits per heavy atom. The number of carbonyl (C=O) groups is 2. The minimum Gasteiger partial charge on any atom is -0.462 e. The Bertz CT molecular complexity index is 904. The fraction of sp³-hybridized carbons (Fsp3) is 0.796. The molecule has 54 heavy (non-hydrogen) atoms. The molecule has 0 saturated heterocycles. The van der Waals surface area contributed by atoms with Crippen molar-refractivity contribution in [1.29, 1.82) is 0 Å². The van der Waals surface area contributed by atoms with Crippen molar-refractivity contribution in [2.75, 3.05) is 19.8 Å². The molecule has 0 spiro atoms. The predicted octanol–water partition coefficient (Wildman–Crippen LogP) is 15.2. The molecule has 0 N–H and O–H groups in total. The van der Waals surface area contributed by atoms with E-state index in [0.717, 1.165) is 70.6 Å². The Balaban J connectivity index is 4.19. The van der Waals surface area contributed by atoms with Gasteiger partial charge < -0.3 is 14.2 Å². The van der Waals surface area contributed by atoms with Crippen LogP contribution in [-0.2, 0) is 23.8 Å². The second-order valence-electron chi connectivity index (χ2n) is 15.3. The van der Waals surface area contributed by atoms with E-state index < -0.39 is 6.10 Å². The van der Waals surface area contributed by atoms with Gasteiger partial charge in [0.15, 0.2) is 6.10 Å². The van der Waals surface area contributed by atoms with Crippen LogP contribution in [0.4, 0.5) is 0 Å². The molecular formula is C49H88O5. The van der Waals surface area contributed by atoms with Crippen LogP contribution in [0, 0.1) is 0 Å². The molecule has 0 saturated carbocycles. The number of ether oxygens (including phenoxy) is 3. The number of hydrogen-bond acceptors (Lipinski definition) is 5. The van der Waals surface area contributed by atoms with Crippen molar-refractivity contribution in [3.63, 3.8) is 0 Å². The SMILES string of the molecule is CC/C=C\C/C=C\C/C=C\C/C=C\CCCCC(=O)OCC(COCCCCCCCCCCCCCCCCCC)OC(=O)CCCCCCCCC. The highest BCUT2D eigenvalue weighted by Crippen LogP contribution is 2.14. The van der Waals surface area contributed by atoms with Crippen LogP contribution < -0.4 is 0 Å². The molecule has 314 valence electrons. The van der Waals surface area contributed by atoms with Crippen molar-refractivity contribution >= 4 is 11.9 Å². The molecule has 0 aliphatic rings. The molecule has 0 aromatic heterocycles. The quantitative estimate of drug-likeness (QED) is 0.0353. The summed E-state index contributed by atoms with van der Waals surface area (Å²) in [6.07, 6.45) is 54.1. The van der Waals surface area contributed by atoms with Gasteiger partial charge in [-0.1, -0.05) is 204 Å². The Morgan fingerprint density at radius 2 is 0.833 bits per heavy atom. The predicted molar refractivity (Wildman–Crippen MR) is 233 cm³/mol. The van der Waals surface area contributed by atoms with Gasteiger partial charge in [0.05, 0.1) is 6.61 Å². The molecule has 0 aliphatic heterocycles. The summed E-state index contributed by atoms with van der Waals surface area (Å²) in [6.45, 7) is 7.65. The van der Waals surface area contributed by atoms with E-state index in [0.29, 0.717) is 19.4 Å². The molecule has 0 aliphatic carbocycles. The molecule has 1 atom stereocenters. The molecule has 0 aromatic rings. The van der Waals surface area contributed by atoms with Crippen LogP contribution in [0.3, 0.4) is 0 Å². The monoisotopic (exact) mass is 757 g/mol. The lowest BCUT2D eigenvalue weighted by atomic mass is 10.0. The van der Waals surface area contributed by atoms with E-state index in [2.05, 4.69) is 69.4 Å². The Morgan fingerprint density at radius 1 is 0.426 bits per heavy atom. The van der Waals surface area contributed by atoms with Gasteiger partial charge in [-0.05, 0) is 57.8 Å². The Kier molecular flexibility index (Phi) is 43.5. The van der Waals surface area contributed by atoms with Crippen LogP contribution in [0.5, 0.6) is 0 Å². The average Bonchev–Trinajstić information content (AvgIpc) is 3.17. The number of rotatable bonds is 42. The summed E-state index contributed by atoms with van der Waals surface area (Å²) in [5, 5.41) is 0. The average molecular weight is 757 g/mol. The Labute approximate surface area is 335 Å². The lowest BCUT2D eigenvalue weighted by Crippen LogP contribution is -2.30. The number of allylic oxidation sites excluding steroid dienone is 8. The van der Waals surface area contributed by atoms with Crippen LogP contribution in [-0.4, -0.2) is 37.9 Å². The minimum atomic E-state index is -0.545. The van der Waals surface area contributed by atoms with E-state index in [9.17, 15) is 9.59 Å². The normalized spacial score (nSPS) is 12.6. The van der Waals surface area contributed by atoms with E-state index in [1.807, 2.05) is 0 Å². The zero-order chi connectivity index (χ0) is 39.3. The summed E-state index contributed by atoms with van der Waals surface area (Å²) in [7, 11) is 0. The van der Waals surface area contributed by atoms with E-state index in [-0.39, 0.29) is 25.2 Å². The maximum Gasteiger partial charge on any atom is 0.306 e. The highest BCUT2D eigenvalue weighted by atomic mass is 16.6. The molecule has 0 rings (SSSR count). The van der Waals surface area contributed by atoms with Crippen molar-refractivity contribution in [2.45, 2.75) is 232 Å². The molecule has 5 heteroatoms. The third-order valence-electron chi connectivity index (χ3n) is 9.88. The summed E-state index contributed by atoms with van der Waals surface area (Å²) in [5.41, 5.74) is 0. The Hall–Kier alpha value is -2.14. The van der Waals surface area contributed by atoms with Gasteiger partial charge in [0, 0.05) is 19.4 Å². The standard InChI is InChI=1S/C49H88O5/c1-4-7-10-13-16-18-20-22-24-26-28-30-32-35-38-41-44-52-45-47(54-49(51)43-40-37-33-15-12-9-6-3)46-53-48(50)42-39-36-34-31-29-27-25-23-21-19-17-14-11-8-5-2/h8,11,17,19,23,25,29,31,47H,4-7,9-10,12-16,18,20-22,24,26-28,30,32-46H2,1-3H3/b11-8-,19-17-,25-23-,31-29-. The topological polar surface area (TPSA) is 61.8 Å². The van der Waals surface area contributed by atoms with Crippen LogP contribution in [0.25, 0.3) is 0 Å². The van der Waals surface area contributed by atoms with Gasteiger partial charge in [-0.2, -0.15) is 0 Å². The lowest BCUT2D eigenvalue weighted by Gasteiger charge is -2.18. The van der Waals surface area contributed by atoms with E-state index in [4.69, 9.17) is 14.2 Å². The summed E-state index contributed by atoms with van der Waals surface area (Å²) >= 11 is 0. The fourth-order valence-electron chi connectivity index (χ4n) is 6.44. The minimum absolute atomic E-state index is 0.0669. The van der Waals surface area contributed by atoms with Gasteiger partial charge in [-0.25, -0.2) is 0 Å². The van der Waals surface area contributed by atoms with Crippen molar-refractivity contribution in [1.82, 2.24) is 0 Å². The summed E-state index contributed by atoms with van der Waals surface area (Å²) in [4.78, 5) is 25.1.